The number of carbonyl (C=O) groups is 1. The number of aromatic nitrogens is 1. The predicted octanol–water partition coefficient (Wildman–Crippen LogP) is 6.25. The fourth-order valence-corrected chi connectivity index (χ4v) is 5.14. The lowest BCUT2D eigenvalue weighted by Gasteiger charge is -2.25. The summed E-state index contributed by atoms with van der Waals surface area (Å²) in [6.45, 7) is 0. The molecule has 1 aromatic heterocycles. The zero-order valence-corrected chi connectivity index (χ0v) is 19.7. The van der Waals surface area contributed by atoms with E-state index in [1.54, 1.807) is 6.07 Å². The van der Waals surface area contributed by atoms with E-state index in [0.29, 0.717) is 26.7 Å². The number of benzene rings is 2. The Labute approximate surface area is 199 Å². The molecule has 1 aliphatic rings. The summed E-state index contributed by atoms with van der Waals surface area (Å²) in [4.78, 5) is 17.0. The van der Waals surface area contributed by atoms with Gasteiger partial charge in [-0.05, 0) is 60.6 Å². The topological polar surface area (TPSA) is 65.8 Å². The quantitative estimate of drug-likeness (QED) is 0.399. The molecule has 0 radical (unpaired) electrons. The lowest BCUT2D eigenvalue weighted by molar-refractivity contribution is -0.115. The fraction of sp³-hybridized carbons (Fsp3) is 0.240. The van der Waals surface area contributed by atoms with Crippen LogP contribution in [0.25, 0.3) is 0 Å². The van der Waals surface area contributed by atoms with Crippen LogP contribution in [0.3, 0.4) is 0 Å². The molecule has 32 heavy (non-hydrogen) atoms. The van der Waals surface area contributed by atoms with Crippen molar-refractivity contribution in [3.8, 4) is 6.07 Å². The van der Waals surface area contributed by atoms with E-state index in [1.807, 2.05) is 12.1 Å². The predicted molar refractivity (Wildman–Crippen MR) is 128 cm³/mol. The first kappa shape index (κ1) is 22.5. The highest BCUT2D eigenvalue weighted by Crippen LogP contribution is 2.34. The SMILES string of the molecule is N#Cc1cc2c(nc1SCCC(=O)Nc1ccc(Br)cc1F)CCC(c1ccccc1)C2. The molecule has 0 spiro atoms. The highest BCUT2D eigenvalue weighted by atomic mass is 79.9. The second-order valence-corrected chi connectivity index (χ2v) is 9.68. The molecule has 4 nitrogen and oxygen atoms in total. The molecule has 1 amide bonds. The number of nitrogens with zero attached hydrogens (tertiary/aromatic N) is 2. The molecule has 0 saturated heterocycles. The molecule has 7 heteroatoms. The summed E-state index contributed by atoms with van der Waals surface area (Å²) in [5.41, 5.74) is 4.19. The van der Waals surface area contributed by atoms with E-state index < -0.39 is 5.82 Å². The Morgan fingerprint density at radius 1 is 1.25 bits per heavy atom. The van der Waals surface area contributed by atoms with Gasteiger partial charge in [-0.25, -0.2) is 9.37 Å². The first-order chi connectivity index (χ1) is 15.5. The van der Waals surface area contributed by atoms with Crippen LogP contribution in [0.15, 0.2) is 64.1 Å². The molecular formula is C25H21BrFN3OS. The second-order valence-electron chi connectivity index (χ2n) is 7.68. The Morgan fingerprint density at radius 3 is 2.81 bits per heavy atom. The number of hydrogen-bond acceptors (Lipinski definition) is 4. The van der Waals surface area contributed by atoms with Crippen LogP contribution in [0.5, 0.6) is 0 Å². The second kappa shape index (κ2) is 10.3. The summed E-state index contributed by atoms with van der Waals surface area (Å²) in [5.74, 6) is 0.133. The van der Waals surface area contributed by atoms with Crippen LogP contribution in [0.2, 0.25) is 0 Å². The molecule has 0 bridgehead atoms. The molecule has 3 aromatic rings. The number of aryl methyl sites for hydroxylation is 1. The highest BCUT2D eigenvalue weighted by molar-refractivity contribution is 9.10. The van der Waals surface area contributed by atoms with Gasteiger partial charge in [-0.15, -0.1) is 11.8 Å². The lowest BCUT2D eigenvalue weighted by Crippen LogP contribution is -2.15. The van der Waals surface area contributed by atoms with Gasteiger partial charge in [-0.2, -0.15) is 5.26 Å². The van der Waals surface area contributed by atoms with Gasteiger partial charge in [0.2, 0.25) is 5.91 Å². The zero-order valence-electron chi connectivity index (χ0n) is 17.3. The van der Waals surface area contributed by atoms with Crippen molar-refractivity contribution in [2.75, 3.05) is 11.1 Å². The third-order valence-electron chi connectivity index (χ3n) is 5.52. The summed E-state index contributed by atoms with van der Waals surface area (Å²) < 4.78 is 14.5. The monoisotopic (exact) mass is 509 g/mol. The van der Waals surface area contributed by atoms with E-state index in [9.17, 15) is 14.4 Å². The van der Waals surface area contributed by atoms with Crippen LogP contribution in [0, 0.1) is 17.1 Å². The molecule has 1 aliphatic carbocycles. The van der Waals surface area contributed by atoms with Gasteiger partial charge < -0.3 is 5.32 Å². The number of nitrogens with one attached hydrogen (secondary N) is 1. The molecule has 4 rings (SSSR count). The molecule has 1 heterocycles. The van der Waals surface area contributed by atoms with Gasteiger partial charge in [0.15, 0.2) is 0 Å². The van der Waals surface area contributed by atoms with Gasteiger partial charge in [0.05, 0.1) is 11.3 Å². The fourth-order valence-electron chi connectivity index (χ4n) is 3.89. The molecule has 2 aromatic carbocycles. The third kappa shape index (κ3) is 5.37. The minimum absolute atomic E-state index is 0.154. The van der Waals surface area contributed by atoms with Gasteiger partial charge in [0.25, 0.3) is 0 Å². The van der Waals surface area contributed by atoms with Crippen molar-refractivity contribution in [2.24, 2.45) is 0 Å². The van der Waals surface area contributed by atoms with Crippen LogP contribution in [0.4, 0.5) is 10.1 Å². The van der Waals surface area contributed by atoms with Gasteiger partial charge in [0, 0.05) is 22.3 Å². The smallest absolute Gasteiger partial charge is 0.225 e. The van der Waals surface area contributed by atoms with Crippen molar-refractivity contribution in [3.05, 3.63) is 87.3 Å². The summed E-state index contributed by atoms with van der Waals surface area (Å²) in [6.07, 6.45) is 2.98. The number of rotatable bonds is 6. The van der Waals surface area contributed by atoms with E-state index in [4.69, 9.17) is 4.98 Å². The van der Waals surface area contributed by atoms with Crippen LogP contribution >= 0.6 is 27.7 Å². The number of pyridine rings is 1. The normalized spacial score (nSPS) is 15.0. The van der Waals surface area contributed by atoms with E-state index in [2.05, 4.69) is 51.6 Å². The van der Waals surface area contributed by atoms with Crippen LogP contribution < -0.4 is 5.32 Å². The molecule has 0 saturated carbocycles. The van der Waals surface area contributed by atoms with Crippen LogP contribution in [-0.4, -0.2) is 16.6 Å². The maximum absolute atomic E-state index is 13.9. The van der Waals surface area contributed by atoms with Gasteiger partial charge in [-0.1, -0.05) is 46.3 Å². The van der Waals surface area contributed by atoms with E-state index in [-0.39, 0.29) is 18.0 Å². The number of amides is 1. The van der Waals surface area contributed by atoms with E-state index >= 15 is 0 Å². The van der Waals surface area contributed by atoms with Crippen molar-refractivity contribution in [3.63, 3.8) is 0 Å². The Morgan fingerprint density at radius 2 is 2.06 bits per heavy atom. The zero-order chi connectivity index (χ0) is 22.5. The number of fused-ring (bicyclic) bond motifs is 1. The standard InChI is InChI=1S/C25H21BrFN3OS/c26-20-7-9-23(21(27)14-20)29-24(31)10-11-32-25-19(15-28)13-18-12-17(6-8-22(18)30-25)16-4-2-1-3-5-16/h1-5,7,9,13-14,17H,6,8,10-12H2,(H,29,31). The summed E-state index contributed by atoms with van der Waals surface area (Å²) >= 11 is 4.59. The van der Waals surface area contributed by atoms with Gasteiger partial charge in [0.1, 0.15) is 16.9 Å². The maximum Gasteiger partial charge on any atom is 0.225 e. The maximum atomic E-state index is 13.9. The van der Waals surface area contributed by atoms with Crippen molar-refractivity contribution < 1.29 is 9.18 Å². The number of nitriles is 1. The number of thioether (sulfide) groups is 1. The third-order valence-corrected chi connectivity index (χ3v) is 7.00. The average molecular weight is 510 g/mol. The van der Waals surface area contributed by atoms with Gasteiger partial charge in [-0.3, -0.25) is 4.79 Å². The average Bonchev–Trinajstić information content (AvgIpc) is 2.80. The van der Waals surface area contributed by atoms with Crippen molar-refractivity contribution in [1.29, 1.82) is 5.26 Å². The molecule has 1 atom stereocenters. The first-order valence-corrected chi connectivity index (χ1v) is 12.2. The Kier molecular flexibility index (Phi) is 7.23. The van der Waals surface area contributed by atoms with Gasteiger partial charge >= 0.3 is 0 Å². The summed E-state index contributed by atoms with van der Waals surface area (Å²) in [6, 6.07) is 19.2. The van der Waals surface area contributed by atoms with Crippen LogP contribution in [0.1, 0.15) is 41.1 Å². The first-order valence-electron chi connectivity index (χ1n) is 10.4. The summed E-state index contributed by atoms with van der Waals surface area (Å²) in [5, 5.41) is 12.9. The minimum atomic E-state index is -0.489. The number of carbonyl (C=O) groups excluding carboxylic acids is 1. The van der Waals surface area contributed by atoms with Crippen molar-refractivity contribution >= 4 is 39.3 Å². The number of anilines is 1. The number of hydrogen-bond donors (Lipinski definition) is 1. The largest absolute Gasteiger partial charge is 0.324 e. The minimum Gasteiger partial charge on any atom is -0.324 e. The molecular weight excluding hydrogens is 489 g/mol. The van der Waals surface area contributed by atoms with Crippen LogP contribution in [-0.2, 0) is 17.6 Å². The highest BCUT2D eigenvalue weighted by Gasteiger charge is 2.23. The van der Waals surface area contributed by atoms with E-state index in [0.717, 1.165) is 30.5 Å². The lowest BCUT2D eigenvalue weighted by atomic mass is 9.82. The molecule has 1 N–H and O–H groups in total. The Hall–Kier alpha value is -2.69. The van der Waals surface area contributed by atoms with Crippen molar-refractivity contribution in [1.82, 2.24) is 4.98 Å². The van der Waals surface area contributed by atoms with Crippen molar-refractivity contribution in [2.45, 2.75) is 36.6 Å². The number of halogens is 2. The van der Waals surface area contributed by atoms with E-state index in [1.165, 1.54) is 29.5 Å². The summed E-state index contributed by atoms with van der Waals surface area (Å²) in [7, 11) is 0. The molecule has 0 aliphatic heterocycles. The molecule has 0 fully saturated rings. The Bertz CT molecular complexity index is 1180. The molecule has 1 unspecified atom stereocenters. The molecule has 162 valence electrons. The Balaban J connectivity index is 1.38.